The third kappa shape index (κ3) is 5.13. The SMILES string of the molecule is CCNc1ccc(C(Nc2ccc(C(=N)N)cc2)C(=O)O)cc1CC.Cl. The number of anilines is 2. The van der Waals surface area contributed by atoms with Gasteiger partial charge in [-0.05, 0) is 54.8 Å². The first-order valence-corrected chi connectivity index (χ1v) is 8.26. The molecule has 0 radical (unpaired) electrons. The van der Waals surface area contributed by atoms with E-state index in [0.717, 1.165) is 24.2 Å². The minimum atomic E-state index is -0.950. The molecule has 0 fully saturated rings. The molecule has 0 aromatic heterocycles. The molecule has 0 spiro atoms. The summed E-state index contributed by atoms with van der Waals surface area (Å²) in [4.78, 5) is 11.8. The zero-order chi connectivity index (χ0) is 18.4. The molecule has 0 aliphatic heterocycles. The van der Waals surface area contributed by atoms with Crippen LogP contribution in [-0.2, 0) is 11.2 Å². The van der Waals surface area contributed by atoms with Gasteiger partial charge < -0.3 is 21.5 Å². The van der Waals surface area contributed by atoms with Gasteiger partial charge in [-0.2, -0.15) is 0 Å². The van der Waals surface area contributed by atoms with Crippen molar-refractivity contribution in [3.05, 3.63) is 59.2 Å². The minimum Gasteiger partial charge on any atom is -0.479 e. The highest BCUT2D eigenvalue weighted by molar-refractivity contribution is 5.95. The lowest BCUT2D eigenvalue weighted by molar-refractivity contribution is -0.138. The highest BCUT2D eigenvalue weighted by atomic mass is 35.5. The number of hydrogen-bond acceptors (Lipinski definition) is 4. The number of amidine groups is 1. The third-order valence-electron chi connectivity index (χ3n) is 3.96. The highest BCUT2D eigenvalue weighted by Crippen LogP contribution is 2.25. The van der Waals surface area contributed by atoms with Gasteiger partial charge in [0, 0.05) is 23.5 Å². The molecule has 6 N–H and O–H groups in total. The van der Waals surface area contributed by atoms with E-state index in [1.807, 2.05) is 32.0 Å². The number of halogens is 1. The number of aliphatic carboxylic acids is 1. The van der Waals surface area contributed by atoms with Crippen LogP contribution in [0.5, 0.6) is 0 Å². The predicted molar refractivity (Wildman–Crippen MR) is 109 cm³/mol. The van der Waals surface area contributed by atoms with Crippen LogP contribution in [0.3, 0.4) is 0 Å². The van der Waals surface area contributed by atoms with Gasteiger partial charge >= 0.3 is 5.97 Å². The van der Waals surface area contributed by atoms with Crippen molar-refractivity contribution in [1.82, 2.24) is 0 Å². The molecule has 1 unspecified atom stereocenters. The van der Waals surface area contributed by atoms with Crippen molar-refractivity contribution in [1.29, 1.82) is 5.41 Å². The number of carbonyl (C=O) groups is 1. The lowest BCUT2D eigenvalue weighted by Gasteiger charge is -2.19. The number of aryl methyl sites for hydroxylation is 1. The molecule has 0 saturated heterocycles. The summed E-state index contributed by atoms with van der Waals surface area (Å²) >= 11 is 0. The van der Waals surface area contributed by atoms with Crippen molar-refractivity contribution in [3.63, 3.8) is 0 Å². The summed E-state index contributed by atoms with van der Waals surface area (Å²) < 4.78 is 0. The minimum absolute atomic E-state index is 0. The molecule has 2 aromatic carbocycles. The molecule has 1 atom stereocenters. The summed E-state index contributed by atoms with van der Waals surface area (Å²) in [5.41, 5.74) is 9.50. The molecule has 26 heavy (non-hydrogen) atoms. The number of carboxylic acid groups (broad SMARTS) is 1. The zero-order valence-electron chi connectivity index (χ0n) is 14.9. The number of nitrogens with two attached hydrogens (primary N) is 1. The summed E-state index contributed by atoms with van der Waals surface area (Å²) in [5.74, 6) is -0.971. The second kappa shape index (κ2) is 9.68. The number of hydrogen-bond donors (Lipinski definition) is 5. The van der Waals surface area contributed by atoms with E-state index in [0.29, 0.717) is 16.8 Å². The average Bonchev–Trinajstić information content (AvgIpc) is 2.60. The topological polar surface area (TPSA) is 111 Å². The lowest BCUT2D eigenvalue weighted by atomic mass is 10.0. The Kier molecular flexibility index (Phi) is 7.93. The molecule has 6 nitrogen and oxygen atoms in total. The van der Waals surface area contributed by atoms with E-state index >= 15 is 0 Å². The Morgan fingerprint density at radius 2 is 1.85 bits per heavy atom. The largest absolute Gasteiger partial charge is 0.479 e. The Morgan fingerprint density at radius 3 is 2.35 bits per heavy atom. The van der Waals surface area contributed by atoms with E-state index in [4.69, 9.17) is 11.1 Å². The first kappa shape index (κ1) is 21.3. The van der Waals surface area contributed by atoms with E-state index in [1.165, 1.54) is 0 Å². The Hall–Kier alpha value is -2.73. The quantitative estimate of drug-likeness (QED) is 0.357. The van der Waals surface area contributed by atoms with Crippen LogP contribution in [0.15, 0.2) is 42.5 Å². The molecule has 0 heterocycles. The van der Waals surface area contributed by atoms with Gasteiger partial charge in [-0.1, -0.05) is 19.1 Å². The van der Waals surface area contributed by atoms with Gasteiger partial charge in [-0.15, -0.1) is 12.4 Å². The second-order valence-electron chi connectivity index (χ2n) is 5.71. The van der Waals surface area contributed by atoms with Crippen molar-refractivity contribution < 1.29 is 9.90 Å². The van der Waals surface area contributed by atoms with Gasteiger partial charge in [-0.25, -0.2) is 4.79 Å². The van der Waals surface area contributed by atoms with Gasteiger partial charge in [0.25, 0.3) is 0 Å². The van der Waals surface area contributed by atoms with Crippen LogP contribution in [0.25, 0.3) is 0 Å². The van der Waals surface area contributed by atoms with Crippen molar-refractivity contribution in [2.75, 3.05) is 17.2 Å². The molecule has 0 amide bonds. The van der Waals surface area contributed by atoms with E-state index in [2.05, 4.69) is 10.6 Å². The van der Waals surface area contributed by atoms with E-state index < -0.39 is 12.0 Å². The van der Waals surface area contributed by atoms with Crippen molar-refractivity contribution in [2.45, 2.75) is 26.3 Å². The molecule has 0 bridgehead atoms. The Labute approximate surface area is 159 Å². The summed E-state index contributed by atoms with van der Waals surface area (Å²) in [6, 6.07) is 11.6. The van der Waals surface area contributed by atoms with Gasteiger partial charge in [-0.3, -0.25) is 5.41 Å². The molecule has 0 aliphatic carbocycles. The first-order chi connectivity index (χ1) is 12.0. The van der Waals surface area contributed by atoms with Gasteiger partial charge in [0.15, 0.2) is 6.04 Å². The van der Waals surface area contributed by atoms with Crippen LogP contribution in [0.1, 0.15) is 36.6 Å². The Balaban J connectivity index is 0.00000338. The number of benzene rings is 2. The summed E-state index contributed by atoms with van der Waals surface area (Å²) in [7, 11) is 0. The zero-order valence-corrected chi connectivity index (χ0v) is 15.7. The Bertz CT molecular complexity index is 763. The number of nitrogens with one attached hydrogen (secondary N) is 3. The molecule has 2 rings (SSSR count). The van der Waals surface area contributed by atoms with Crippen LogP contribution in [-0.4, -0.2) is 23.5 Å². The maximum atomic E-state index is 11.8. The summed E-state index contributed by atoms with van der Waals surface area (Å²) in [5, 5.41) is 23.4. The Morgan fingerprint density at radius 1 is 1.19 bits per heavy atom. The standard InChI is InChI=1S/C19H24N4O2.ClH/c1-3-12-11-14(7-10-16(12)22-4-2)17(19(24)25)23-15-8-5-13(6-9-15)18(20)21;/h5-11,17,22-23H,3-4H2,1-2H3,(H3,20,21)(H,24,25);1H. The predicted octanol–water partition coefficient (Wildman–Crippen LogP) is 3.62. The lowest BCUT2D eigenvalue weighted by Crippen LogP contribution is -2.21. The van der Waals surface area contributed by atoms with E-state index in [9.17, 15) is 9.90 Å². The van der Waals surface area contributed by atoms with E-state index in [-0.39, 0.29) is 18.2 Å². The fraction of sp³-hybridized carbons (Fsp3) is 0.263. The van der Waals surface area contributed by atoms with Crippen LogP contribution >= 0.6 is 12.4 Å². The maximum Gasteiger partial charge on any atom is 0.330 e. The second-order valence-corrected chi connectivity index (χ2v) is 5.71. The molecule has 0 saturated carbocycles. The van der Waals surface area contributed by atoms with E-state index in [1.54, 1.807) is 24.3 Å². The summed E-state index contributed by atoms with van der Waals surface area (Å²) in [6.45, 7) is 4.89. The van der Waals surface area contributed by atoms with Crippen LogP contribution in [0, 0.1) is 5.41 Å². The van der Waals surface area contributed by atoms with Gasteiger partial charge in [0.05, 0.1) is 0 Å². The maximum absolute atomic E-state index is 11.8. The van der Waals surface area contributed by atoms with Crippen LogP contribution in [0.4, 0.5) is 11.4 Å². The smallest absolute Gasteiger partial charge is 0.330 e. The number of nitrogen functional groups attached to an aromatic ring is 1. The molecule has 140 valence electrons. The molecule has 2 aromatic rings. The molecular weight excluding hydrogens is 352 g/mol. The summed E-state index contributed by atoms with van der Waals surface area (Å²) in [6.07, 6.45) is 0.815. The average molecular weight is 377 g/mol. The third-order valence-corrected chi connectivity index (χ3v) is 3.96. The monoisotopic (exact) mass is 376 g/mol. The molecule has 7 heteroatoms. The van der Waals surface area contributed by atoms with Crippen molar-refractivity contribution in [3.8, 4) is 0 Å². The van der Waals surface area contributed by atoms with Crippen LogP contribution in [0.2, 0.25) is 0 Å². The van der Waals surface area contributed by atoms with Crippen molar-refractivity contribution in [2.24, 2.45) is 5.73 Å². The molecule has 0 aliphatic rings. The number of rotatable bonds is 8. The van der Waals surface area contributed by atoms with Crippen LogP contribution < -0.4 is 16.4 Å². The fourth-order valence-electron chi connectivity index (χ4n) is 2.65. The van der Waals surface area contributed by atoms with Gasteiger partial charge in [0.1, 0.15) is 5.84 Å². The van der Waals surface area contributed by atoms with Crippen molar-refractivity contribution >= 4 is 35.6 Å². The normalized spacial score (nSPS) is 11.2. The molecular formula is C19H25ClN4O2. The first-order valence-electron chi connectivity index (χ1n) is 8.26. The highest BCUT2D eigenvalue weighted by Gasteiger charge is 2.20. The van der Waals surface area contributed by atoms with Gasteiger partial charge in [0.2, 0.25) is 0 Å². The fourth-order valence-corrected chi connectivity index (χ4v) is 2.65. The number of carboxylic acids is 1.